The van der Waals surface area contributed by atoms with Crippen molar-refractivity contribution in [3.63, 3.8) is 0 Å². The van der Waals surface area contributed by atoms with Crippen molar-refractivity contribution in [2.75, 3.05) is 11.9 Å². The van der Waals surface area contributed by atoms with Gasteiger partial charge in [-0.1, -0.05) is 0 Å². The molecule has 16 heavy (non-hydrogen) atoms. The summed E-state index contributed by atoms with van der Waals surface area (Å²) in [5.41, 5.74) is 0. The van der Waals surface area contributed by atoms with Gasteiger partial charge in [0.25, 0.3) is 0 Å². The zero-order valence-electron chi connectivity index (χ0n) is 9.73. The molecule has 2 N–H and O–H groups in total. The third-order valence-electron chi connectivity index (χ3n) is 3.10. The van der Waals surface area contributed by atoms with Crippen molar-refractivity contribution in [3.8, 4) is 0 Å². The zero-order chi connectivity index (χ0) is 11.5. The smallest absolute Gasteiger partial charge is 0.229 e. The van der Waals surface area contributed by atoms with Gasteiger partial charge in [0.15, 0.2) is 0 Å². The average molecular weight is 222 g/mol. The minimum Gasteiger partial charge on any atom is -0.313 e. The van der Waals surface area contributed by atoms with E-state index in [1.165, 1.54) is 0 Å². The second-order valence-electron chi connectivity index (χ2n) is 4.41. The van der Waals surface area contributed by atoms with E-state index in [9.17, 15) is 4.79 Å². The molecule has 1 saturated heterocycles. The van der Waals surface area contributed by atoms with Crippen molar-refractivity contribution in [3.05, 3.63) is 12.3 Å². The molecule has 0 aromatic carbocycles. The Balaban J connectivity index is 1.91. The highest BCUT2D eigenvalue weighted by Gasteiger charge is 2.24. The first-order valence-corrected chi connectivity index (χ1v) is 5.69. The molecule has 0 aliphatic carbocycles. The van der Waals surface area contributed by atoms with E-state index < -0.39 is 0 Å². The number of rotatable bonds is 2. The van der Waals surface area contributed by atoms with Crippen molar-refractivity contribution in [1.29, 1.82) is 0 Å². The van der Waals surface area contributed by atoms with Gasteiger partial charge in [-0.05, 0) is 19.8 Å². The third-order valence-corrected chi connectivity index (χ3v) is 3.10. The first kappa shape index (κ1) is 11.1. The first-order chi connectivity index (χ1) is 7.66. The lowest BCUT2D eigenvalue weighted by atomic mass is 9.95. The fourth-order valence-electron chi connectivity index (χ4n) is 1.95. The molecule has 0 spiro atoms. The number of hydrogen-bond donors (Lipinski definition) is 2. The number of carbonyl (C=O) groups is 1. The van der Waals surface area contributed by atoms with Crippen LogP contribution in [0.4, 0.5) is 5.82 Å². The van der Waals surface area contributed by atoms with E-state index >= 15 is 0 Å². The van der Waals surface area contributed by atoms with Gasteiger partial charge in [0, 0.05) is 25.7 Å². The molecule has 1 aromatic heterocycles. The summed E-state index contributed by atoms with van der Waals surface area (Å²) < 4.78 is 1.66. The highest BCUT2D eigenvalue weighted by molar-refractivity contribution is 5.91. The maximum absolute atomic E-state index is 11.9. The number of piperidine rings is 1. The molecule has 2 unspecified atom stereocenters. The Kier molecular flexibility index (Phi) is 3.24. The third kappa shape index (κ3) is 2.41. The fourth-order valence-corrected chi connectivity index (χ4v) is 1.95. The van der Waals surface area contributed by atoms with Gasteiger partial charge < -0.3 is 10.6 Å². The Bertz CT molecular complexity index is 366. The summed E-state index contributed by atoms with van der Waals surface area (Å²) in [6, 6.07) is 2.33. The lowest BCUT2D eigenvalue weighted by Crippen LogP contribution is -2.42. The standard InChI is InChI=1S/C11H18N4O/c1-8-3-4-9(7-12-8)11(16)14-10-5-6-13-15(10)2/h5-6,8-9,12H,3-4,7H2,1-2H3,(H,14,16). The van der Waals surface area contributed by atoms with E-state index in [1.807, 2.05) is 7.05 Å². The van der Waals surface area contributed by atoms with E-state index in [2.05, 4.69) is 22.7 Å². The Labute approximate surface area is 95.2 Å². The molecule has 1 amide bonds. The molecule has 1 aromatic rings. The van der Waals surface area contributed by atoms with Crippen LogP contribution in [0.2, 0.25) is 0 Å². The van der Waals surface area contributed by atoms with Gasteiger partial charge in [-0.2, -0.15) is 5.10 Å². The number of aryl methyl sites for hydroxylation is 1. The Morgan fingerprint density at radius 2 is 2.44 bits per heavy atom. The van der Waals surface area contributed by atoms with Crippen LogP contribution in [0.15, 0.2) is 12.3 Å². The van der Waals surface area contributed by atoms with Crippen molar-refractivity contribution in [2.45, 2.75) is 25.8 Å². The van der Waals surface area contributed by atoms with E-state index in [0.717, 1.165) is 25.2 Å². The molecule has 5 nitrogen and oxygen atoms in total. The van der Waals surface area contributed by atoms with Crippen molar-refractivity contribution in [1.82, 2.24) is 15.1 Å². The second kappa shape index (κ2) is 4.65. The number of amides is 1. The van der Waals surface area contributed by atoms with Crippen LogP contribution < -0.4 is 10.6 Å². The summed E-state index contributed by atoms with van der Waals surface area (Å²) in [4.78, 5) is 11.9. The van der Waals surface area contributed by atoms with Crippen LogP contribution in [0.1, 0.15) is 19.8 Å². The van der Waals surface area contributed by atoms with Crippen LogP contribution in [-0.2, 0) is 11.8 Å². The molecule has 88 valence electrons. The minimum atomic E-state index is 0.0751. The summed E-state index contributed by atoms with van der Waals surface area (Å²) in [5, 5.41) is 10.2. The van der Waals surface area contributed by atoms with Crippen molar-refractivity contribution >= 4 is 11.7 Å². The summed E-state index contributed by atoms with van der Waals surface area (Å²) in [6.45, 7) is 2.92. The van der Waals surface area contributed by atoms with Gasteiger partial charge in [0.2, 0.25) is 5.91 Å². The molecule has 0 radical (unpaired) electrons. The Hall–Kier alpha value is -1.36. The van der Waals surface area contributed by atoms with Crippen LogP contribution in [0.25, 0.3) is 0 Å². The molecule has 0 saturated carbocycles. The molecule has 2 atom stereocenters. The first-order valence-electron chi connectivity index (χ1n) is 5.69. The van der Waals surface area contributed by atoms with Crippen LogP contribution >= 0.6 is 0 Å². The Morgan fingerprint density at radius 3 is 3.00 bits per heavy atom. The topological polar surface area (TPSA) is 59.0 Å². The zero-order valence-corrected chi connectivity index (χ0v) is 9.73. The minimum absolute atomic E-state index is 0.0751. The molecule has 1 aliphatic rings. The summed E-state index contributed by atoms with van der Waals surface area (Å²) in [5.74, 6) is 0.915. The number of nitrogens with one attached hydrogen (secondary N) is 2. The summed E-state index contributed by atoms with van der Waals surface area (Å²) in [7, 11) is 1.82. The maximum Gasteiger partial charge on any atom is 0.229 e. The highest BCUT2D eigenvalue weighted by Crippen LogP contribution is 2.16. The number of nitrogens with zero attached hydrogens (tertiary/aromatic N) is 2. The van der Waals surface area contributed by atoms with Gasteiger partial charge in [-0.3, -0.25) is 9.48 Å². The summed E-state index contributed by atoms with van der Waals surface area (Å²) in [6.07, 6.45) is 3.69. The predicted molar refractivity (Wildman–Crippen MR) is 62.0 cm³/mol. The second-order valence-corrected chi connectivity index (χ2v) is 4.41. The van der Waals surface area contributed by atoms with Gasteiger partial charge in [0.05, 0.1) is 12.1 Å². The summed E-state index contributed by atoms with van der Waals surface area (Å²) >= 11 is 0. The number of anilines is 1. The van der Waals surface area contributed by atoms with Crippen molar-refractivity contribution < 1.29 is 4.79 Å². The van der Waals surface area contributed by atoms with E-state index in [1.54, 1.807) is 16.9 Å². The van der Waals surface area contributed by atoms with Gasteiger partial charge in [0.1, 0.15) is 5.82 Å². The molecule has 0 bridgehead atoms. The largest absolute Gasteiger partial charge is 0.313 e. The molecular weight excluding hydrogens is 204 g/mol. The van der Waals surface area contributed by atoms with Gasteiger partial charge >= 0.3 is 0 Å². The molecule has 2 heterocycles. The van der Waals surface area contributed by atoms with Crippen LogP contribution in [-0.4, -0.2) is 28.3 Å². The molecule has 5 heteroatoms. The number of hydrogen-bond acceptors (Lipinski definition) is 3. The fraction of sp³-hybridized carbons (Fsp3) is 0.636. The quantitative estimate of drug-likeness (QED) is 0.776. The molecule has 2 rings (SSSR count). The number of carbonyl (C=O) groups excluding carboxylic acids is 1. The van der Waals surface area contributed by atoms with Crippen molar-refractivity contribution in [2.24, 2.45) is 13.0 Å². The van der Waals surface area contributed by atoms with E-state index in [4.69, 9.17) is 0 Å². The van der Waals surface area contributed by atoms with Gasteiger partial charge in [-0.25, -0.2) is 0 Å². The average Bonchev–Trinajstić information content (AvgIpc) is 2.65. The van der Waals surface area contributed by atoms with Crippen LogP contribution in [0.3, 0.4) is 0 Å². The van der Waals surface area contributed by atoms with Crippen LogP contribution in [0.5, 0.6) is 0 Å². The van der Waals surface area contributed by atoms with E-state index in [-0.39, 0.29) is 11.8 Å². The molecular formula is C11H18N4O. The normalized spacial score (nSPS) is 25.4. The van der Waals surface area contributed by atoms with Crippen LogP contribution in [0, 0.1) is 5.92 Å². The SMILES string of the molecule is CC1CCC(C(=O)Nc2ccnn2C)CN1. The lowest BCUT2D eigenvalue weighted by Gasteiger charge is -2.26. The Morgan fingerprint density at radius 1 is 1.62 bits per heavy atom. The highest BCUT2D eigenvalue weighted by atomic mass is 16.2. The lowest BCUT2D eigenvalue weighted by molar-refractivity contribution is -0.120. The van der Waals surface area contributed by atoms with Gasteiger partial charge in [-0.15, -0.1) is 0 Å². The van der Waals surface area contributed by atoms with E-state index in [0.29, 0.717) is 6.04 Å². The monoisotopic (exact) mass is 222 g/mol. The number of aromatic nitrogens is 2. The predicted octanol–water partition coefficient (Wildman–Crippen LogP) is 0.747. The molecule has 1 aliphatic heterocycles. The molecule has 1 fully saturated rings. The maximum atomic E-state index is 11.9.